The molecule has 0 spiro atoms. The quantitative estimate of drug-likeness (QED) is 0.683. The molecule has 0 bridgehead atoms. The minimum absolute atomic E-state index is 0.188. The number of benzene rings is 2. The second kappa shape index (κ2) is 10.2. The molecule has 0 saturated carbocycles. The number of esters is 1. The van der Waals surface area contributed by atoms with Gasteiger partial charge >= 0.3 is 5.97 Å². The maximum Gasteiger partial charge on any atom is 0.329 e. The normalized spacial score (nSPS) is 11.7. The van der Waals surface area contributed by atoms with Crippen LogP contribution in [0.5, 0.6) is 0 Å². The molecule has 0 aliphatic rings. The van der Waals surface area contributed by atoms with E-state index in [1.54, 1.807) is 36.0 Å². The van der Waals surface area contributed by atoms with Crippen molar-refractivity contribution in [3.05, 3.63) is 70.2 Å². The predicted molar refractivity (Wildman–Crippen MR) is 107 cm³/mol. The van der Waals surface area contributed by atoms with E-state index in [0.717, 1.165) is 16.9 Å². The van der Waals surface area contributed by atoms with Crippen molar-refractivity contribution in [1.82, 2.24) is 5.32 Å². The van der Waals surface area contributed by atoms with Crippen LogP contribution in [0.3, 0.4) is 0 Å². The number of hydrogen-bond acceptors (Lipinski definition) is 4. The Morgan fingerprint density at radius 3 is 2.58 bits per heavy atom. The third-order valence-corrected chi connectivity index (χ3v) is 4.67. The van der Waals surface area contributed by atoms with Crippen molar-refractivity contribution >= 4 is 35.2 Å². The Labute approximate surface area is 163 Å². The van der Waals surface area contributed by atoms with E-state index >= 15 is 0 Å². The molecule has 0 fully saturated rings. The van der Waals surface area contributed by atoms with E-state index in [4.69, 9.17) is 16.3 Å². The maximum atomic E-state index is 12.5. The number of rotatable bonds is 8. The Bertz CT molecular complexity index is 749. The summed E-state index contributed by atoms with van der Waals surface area (Å²) in [4.78, 5) is 24.8. The first kappa shape index (κ1) is 20.3. The molecule has 0 unspecified atom stereocenters. The van der Waals surface area contributed by atoms with E-state index in [-0.39, 0.29) is 12.5 Å². The fourth-order valence-electron chi connectivity index (χ4n) is 2.38. The van der Waals surface area contributed by atoms with Crippen LogP contribution >= 0.6 is 23.4 Å². The average Bonchev–Trinajstić information content (AvgIpc) is 2.63. The molecule has 1 N–H and O–H groups in total. The van der Waals surface area contributed by atoms with Crippen molar-refractivity contribution < 1.29 is 14.3 Å². The van der Waals surface area contributed by atoms with Crippen molar-refractivity contribution in [3.8, 4) is 0 Å². The first-order valence-corrected chi connectivity index (χ1v) is 10.0. The molecule has 138 valence electrons. The van der Waals surface area contributed by atoms with Crippen LogP contribution < -0.4 is 5.32 Å². The Morgan fingerprint density at radius 2 is 1.92 bits per heavy atom. The van der Waals surface area contributed by atoms with Gasteiger partial charge in [-0.15, -0.1) is 0 Å². The number of amides is 1. The molecule has 2 rings (SSSR count). The van der Waals surface area contributed by atoms with Gasteiger partial charge in [0.1, 0.15) is 12.6 Å². The maximum absolute atomic E-state index is 12.5. The zero-order valence-electron chi connectivity index (χ0n) is 14.8. The topological polar surface area (TPSA) is 55.4 Å². The molecule has 0 aromatic heterocycles. The Morgan fingerprint density at radius 1 is 1.19 bits per heavy atom. The van der Waals surface area contributed by atoms with E-state index in [1.807, 2.05) is 37.4 Å². The summed E-state index contributed by atoms with van der Waals surface area (Å²) < 4.78 is 5.41. The molecule has 0 aliphatic carbocycles. The summed E-state index contributed by atoms with van der Waals surface area (Å²) >= 11 is 7.46. The van der Waals surface area contributed by atoms with Gasteiger partial charge in [-0.2, -0.15) is 11.8 Å². The van der Waals surface area contributed by atoms with E-state index in [9.17, 15) is 9.59 Å². The van der Waals surface area contributed by atoms with Gasteiger partial charge < -0.3 is 10.1 Å². The minimum Gasteiger partial charge on any atom is -0.459 e. The Hall–Kier alpha value is -1.98. The van der Waals surface area contributed by atoms with Gasteiger partial charge in [0.05, 0.1) is 0 Å². The number of hydrogen-bond donors (Lipinski definition) is 1. The first-order valence-electron chi connectivity index (χ1n) is 8.27. The smallest absolute Gasteiger partial charge is 0.329 e. The fourth-order valence-corrected chi connectivity index (χ4v) is 2.98. The standard InChI is InChI=1S/C20H22ClNO3S/c1-14-4-3-5-15(12-14)13-25-20(24)18(10-11-26-2)22-19(23)16-6-8-17(21)9-7-16/h3-9,12,18H,10-11,13H2,1-2H3,(H,22,23)/t18-/m0/s1. The third kappa shape index (κ3) is 6.39. The lowest BCUT2D eigenvalue weighted by molar-refractivity contribution is -0.147. The average molecular weight is 392 g/mol. The Balaban J connectivity index is 1.99. The zero-order valence-corrected chi connectivity index (χ0v) is 16.4. The van der Waals surface area contributed by atoms with Crippen LogP contribution in [0.15, 0.2) is 48.5 Å². The van der Waals surface area contributed by atoms with E-state index in [1.165, 1.54) is 0 Å². The lowest BCUT2D eigenvalue weighted by Crippen LogP contribution is -2.42. The monoisotopic (exact) mass is 391 g/mol. The molecular formula is C20H22ClNO3S. The minimum atomic E-state index is -0.685. The van der Waals surface area contributed by atoms with Crippen LogP contribution in [0.2, 0.25) is 5.02 Å². The van der Waals surface area contributed by atoms with Crippen molar-refractivity contribution in [1.29, 1.82) is 0 Å². The van der Waals surface area contributed by atoms with Gasteiger partial charge in [0.25, 0.3) is 5.91 Å². The molecule has 0 aliphatic heterocycles. The summed E-state index contributed by atoms with van der Waals surface area (Å²) in [5, 5.41) is 3.32. The van der Waals surface area contributed by atoms with Gasteiger partial charge in [-0.3, -0.25) is 4.79 Å². The fraction of sp³-hybridized carbons (Fsp3) is 0.300. The van der Waals surface area contributed by atoms with Crippen molar-refractivity contribution in [2.24, 2.45) is 0 Å². The molecule has 4 nitrogen and oxygen atoms in total. The molecule has 0 heterocycles. The van der Waals surface area contributed by atoms with Crippen LogP contribution in [-0.4, -0.2) is 29.9 Å². The van der Waals surface area contributed by atoms with Crippen LogP contribution in [0.25, 0.3) is 0 Å². The largest absolute Gasteiger partial charge is 0.459 e. The van der Waals surface area contributed by atoms with Crippen LogP contribution in [0.1, 0.15) is 27.9 Å². The number of thioether (sulfide) groups is 1. The highest BCUT2D eigenvalue weighted by Gasteiger charge is 2.22. The summed E-state index contributed by atoms with van der Waals surface area (Å²) in [5.41, 5.74) is 2.48. The van der Waals surface area contributed by atoms with Gasteiger partial charge in [0.2, 0.25) is 0 Å². The number of ether oxygens (including phenoxy) is 1. The zero-order chi connectivity index (χ0) is 18.9. The van der Waals surface area contributed by atoms with Gasteiger partial charge in [-0.25, -0.2) is 4.79 Å². The molecule has 2 aromatic rings. The van der Waals surface area contributed by atoms with E-state index in [0.29, 0.717) is 17.0 Å². The summed E-state index contributed by atoms with van der Waals surface area (Å²) in [6, 6.07) is 13.6. The van der Waals surface area contributed by atoms with E-state index in [2.05, 4.69) is 5.32 Å². The number of aryl methyl sites for hydroxylation is 1. The van der Waals surface area contributed by atoms with Crippen LogP contribution in [0.4, 0.5) is 0 Å². The summed E-state index contributed by atoms with van der Waals surface area (Å²) in [6.07, 6.45) is 2.46. The summed E-state index contributed by atoms with van der Waals surface area (Å²) in [6.45, 7) is 2.17. The van der Waals surface area contributed by atoms with E-state index < -0.39 is 12.0 Å². The molecule has 0 saturated heterocycles. The molecule has 1 atom stereocenters. The number of carbonyl (C=O) groups excluding carboxylic acids is 2. The second-order valence-electron chi connectivity index (χ2n) is 5.91. The number of halogens is 1. The van der Waals surface area contributed by atoms with Gasteiger partial charge in [-0.05, 0) is 55.2 Å². The molecule has 26 heavy (non-hydrogen) atoms. The highest BCUT2D eigenvalue weighted by molar-refractivity contribution is 7.98. The van der Waals surface area contributed by atoms with Gasteiger partial charge in [0, 0.05) is 10.6 Å². The summed E-state index contributed by atoms with van der Waals surface area (Å²) in [5.74, 6) is -0.00591. The molecule has 6 heteroatoms. The third-order valence-electron chi connectivity index (χ3n) is 3.77. The SMILES string of the molecule is CSCC[C@H](NC(=O)c1ccc(Cl)cc1)C(=O)OCc1cccc(C)c1. The summed E-state index contributed by atoms with van der Waals surface area (Å²) in [7, 11) is 0. The van der Waals surface area contributed by atoms with Crippen LogP contribution in [-0.2, 0) is 16.1 Å². The van der Waals surface area contributed by atoms with Crippen molar-refractivity contribution in [3.63, 3.8) is 0 Å². The van der Waals surface area contributed by atoms with Gasteiger partial charge in [0.15, 0.2) is 0 Å². The van der Waals surface area contributed by atoms with Crippen LogP contribution in [0, 0.1) is 6.92 Å². The highest BCUT2D eigenvalue weighted by Crippen LogP contribution is 2.11. The van der Waals surface area contributed by atoms with Crippen molar-refractivity contribution in [2.75, 3.05) is 12.0 Å². The predicted octanol–water partition coefficient (Wildman–Crippen LogP) is 4.24. The molecular weight excluding hydrogens is 370 g/mol. The number of carbonyl (C=O) groups is 2. The molecule has 0 radical (unpaired) electrons. The lowest BCUT2D eigenvalue weighted by Gasteiger charge is -2.17. The number of nitrogens with one attached hydrogen (secondary N) is 1. The lowest BCUT2D eigenvalue weighted by atomic mass is 10.1. The second-order valence-corrected chi connectivity index (χ2v) is 7.33. The first-order chi connectivity index (χ1) is 12.5. The van der Waals surface area contributed by atoms with Crippen molar-refractivity contribution in [2.45, 2.75) is 26.0 Å². The van der Waals surface area contributed by atoms with Gasteiger partial charge in [-0.1, -0.05) is 41.4 Å². The molecule has 1 amide bonds. The highest BCUT2D eigenvalue weighted by atomic mass is 35.5. The Kier molecular flexibility index (Phi) is 8.01. The molecule has 2 aromatic carbocycles.